The fourth-order valence-corrected chi connectivity index (χ4v) is 3.80. The number of hydrogen-bond donors (Lipinski definition) is 3. The summed E-state index contributed by atoms with van der Waals surface area (Å²) >= 11 is 0. The Labute approximate surface area is 134 Å². The van der Waals surface area contributed by atoms with Gasteiger partial charge >= 0.3 is 10.2 Å². The number of rotatable bonds is 6. The molecule has 9 nitrogen and oxygen atoms in total. The van der Waals surface area contributed by atoms with Crippen molar-refractivity contribution < 1.29 is 21.6 Å². The van der Waals surface area contributed by atoms with Gasteiger partial charge in [0.25, 0.3) is 5.91 Å². The molecule has 1 rings (SSSR count). The zero-order chi connectivity index (χ0) is 17.8. The van der Waals surface area contributed by atoms with Gasteiger partial charge in [0.1, 0.15) is 0 Å². The minimum atomic E-state index is -4.55. The Morgan fingerprint density at radius 2 is 1.70 bits per heavy atom. The second-order valence-corrected chi connectivity index (χ2v) is 8.20. The molecule has 5 N–H and O–H groups in total. The number of nitrogens with zero attached hydrogens (tertiary/aromatic N) is 1. The van der Waals surface area contributed by atoms with Gasteiger partial charge in [0.05, 0.1) is 10.6 Å². The van der Waals surface area contributed by atoms with Crippen molar-refractivity contribution in [3.63, 3.8) is 0 Å². The molecule has 0 aliphatic carbocycles. The number of nitrogens with one attached hydrogen (secondary N) is 1. The lowest BCUT2D eigenvalue weighted by molar-refractivity contribution is 0.0911. The predicted molar refractivity (Wildman–Crippen MR) is 84.6 cm³/mol. The quantitative estimate of drug-likeness (QED) is 0.468. The fourth-order valence-electron chi connectivity index (χ4n) is 1.74. The minimum Gasteiger partial charge on any atom is -0.369 e. The number of carbonyl (C=O) groups is 1. The van der Waals surface area contributed by atoms with Crippen molar-refractivity contribution >= 4 is 31.9 Å². The number of unbranched alkanes of at least 4 members (excludes halogenated alkanes) is 1. The molecule has 1 amide bonds. The summed E-state index contributed by atoms with van der Waals surface area (Å²) in [4.78, 5) is 12.1. The largest absolute Gasteiger partial charge is 0.369 e. The van der Waals surface area contributed by atoms with Gasteiger partial charge in [-0.25, -0.2) is 13.6 Å². The molecule has 0 spiro atoms. The number of hydrogen-bond acceptors (Lipinski definition) is 6. The van der Waals surface area contributed by atoms with E-state index in [1.54, 1.807) is 0 Å². The van der Waals surface area contributed by atoms with Crippen LogP contribution in [0.5, 0.6) is 0 Å². The van der Waals surface area contributed by atoms with Crippen LogP contribution in [-0.2, 0) is 20.0 Å². The Balaban J connectivity index is 3.14. The summed E-state index contributed by atoms with van der Waals surface area (Å²) in [6, 6.07) is 4.67. The second kappa shape index (κ2) is 7.06. The summed E-state index contributed by atoms with van der Waals surface area (Å²) < 4.78 is 46.5. The van der Waals surface area contributed by atoms with Crippen LogP contribution in [0.15, 0.2) is 29.2 Å². The molecule has 0 radical (unpaired) electrons. The molecule has 1 aromatic rings. The molecule has 0 saturated heterocycles. The van der Waals surface area contributed by atoms with E-state index in [1.165, 1.54) is 12.1 Å². The Hall–Kier alpha value is -1.98. The monoisotopic (exact) mass is 362 g/mol. The van der Waals surface area contributed by atoms with Crippen LogP contribution in [0, 0.1) is 5.41 Å². The molecule has 23 heavy (non-hydrogen) atoms. The summed E-state index contributed by atoms with van der Waals surface area (Å²) in [5.74, 6) is -2.22. The lowest BCUT2D eigenvalue weighted by Crippen LogP contribution is -2.48. The van der Waals surface area contributed by atoms with Crippen LogP contribution in [0.4, 0.5) is 0 Å². The smallest absolute Gasteiger partial charge is 0.308 e. The average Bonchev–Trinajstić information content (AvgIpc) is 2.43. The maximum Gasteiger partial charge on any atom is 0.308 e. The van der Waals surface area contributed by atoms with E-state index < -0.39 is 31.9 Å². The summed E-state index contributed by atoms with van der Waals surface area (Å²) in [7, 11) is -8.01. The maximum atomic E-state index is 12.1. The van der Waals surface area contributed by atoms with Crippen molar-refractivity contribution in [2.75, 3.05) is 5.75 Å². The molecule has 0 aliphatic heterocycles. The topological polar surface area (TPSA) is 164 Å². The zero-order valence-electron chi connectivity index (χ0n) is 12.4. The average molecular weight is 362 g/mol. The van der Waals surface area contributed by atoms with E-state index in [-0.39, 0.29) is 20.5 Å². The van der Waals surface area contributed by atoms with Gasteiger partial charge in [0, 0.05) is 5.56 Å². The molecular formula is C12H18N4O5S2. The second-order valence-electron chi connectivity index (χ2n) is 4.70. The fraction of sp³-hybridized carbons (Fsp3) is 0.333. The van der Waals surface area contributed by atoms with Crippen molar-refractivity contribution in [3.05, 3.63) is 29.8 Å². The summed E-state index contributed by atoms with van der Waals surface area (Å²) in [5.41, 5.74) is 4.89. The van der Waals surface area contributed by atoms with Crippen LogP contribution in [0.3, 0.4) is 0 Å². The number of amides is 1. The Bertz CT molecular complexity index is 800. The molecule has 0 atom stereocenters. The third kappa shape index (κ3) is 4.74. The molecule has 0 bridgehead atoms. The van der Waals surface area contributed by atoms with Crippen LogP contribution >= 0.6 is 0 Å². The third-order valence-corrected chi connectivity index (χ3v) is 5.57. The number of guanidine groups is 1. The van der Waals surface area contributed by atoms with Gasteiger partial charge in [-0.3, -0.25) is 10.2 Å². The number of carbonyl (C=O) groups excluding carboxylic acids is 1. The third-order valence-electron chi connectivity index (χ3n) is 2.88. The van der Waals surface area contributed by atoms with Gasteiger partial charge in [0.15, 0.2) is 9.84 Å². The molecule has 1 aromatic carbocycles. The first-order chi connectivity index (χ1) is 10.5. The SMILES string of the molecule is CCCCS(=O)(=O)c1ccc(C(=O)N(C(=N)N)S(N)(=O)=O)cc1. The van der Waals surface area contributed by atoms with Crippen LogP contribution < -0.4 is 10.9 Å². The highest BCUT2D eigenvalue weighted by Gasteiger charge is 2.28. The van der Waals surface area contributed by atoms with Crippen LogP contribution in [0.2, 0.25) is 0 Å². The molecule has 0 saturated carbocycles. The predicted octanol–water partition coefficient (Wildman–Crippen LogP) is -0.200. The van der Waals surface area contributed by atoms with Crippen molar-refractivity contribution in [1.29, 1.82) is 5.41 Å². The summed E-state index contributed by atoms with van der Waals surface area (Å²) in [6.45, 7) is 1.86. The standard InChI is InChI=1S/C12H18N4O5S2/c1-2-3-8-22(18,19)10-6-4-9(5-7-10)11(17)16(12(13)14)23(15,20)21/h4-7H,2-3,8H2,1H3,(H3,13,14)(H2,15,20,21). The van der Waals surface area contributed by atoms with E-state index in [0.29, 0.717) is 6.42 Å². The van der Waals surface area contributed by atoms with Crippen LogP contribution in [0.1, 0.15) is 30.1 Å². The molecule has 11 heteroatoms. The van der Waals surface area contributed by atoms with E-state index in [9.17, 15) is 21.6 Å². The molecular weight excluding hydrogens is 344 g/mol. The van der Waals surface area contributed by atoms with Crippen molar-refractivity contribution in [3.8, 4) is 0 Å². The van der Waals surface area contributed by atoms with E-state index in [4.69, 9.17) is 16.3 Å². The van der Waals surface area contributed by atoms with Crippen molar-refractivity contribution in [1.82, 2.24) is 4.31 Å². The molecule has 0 fully saturated rings. The number of nitrogens with two attached hydrogens (primary N) is 2. The normalized spacial score (nSPS) is 11.9. The Morgan fingerprint density at radius 3 is 2.09 bits per heavy atom. The minimum absolute atomic E-state index is 0.0203. The van der Waals surface area contributed by atoms with Gasteiger partial charge in [0.2, 0.25) is 5.96 Å². The van der Waals surface area contributed by atoms with Gasteiger partial charge in [-0.2, -0.15) is 12.7 Å². The number of benzene rings is 1. The Kier molecular flexibility index (Phi) is 5.86. The van der Waals surface area contributed by atoms with Crippen molar-refractivity contribution in [2.45, 2.75) is 24.7 Å². The van der Waals surface area contributed by atoms with Gasteiger partial charge in [-0.05, 0) is 30.7 Å². The van der Waals surface area contributed by atoms with E-state index in [2.05, 4.69) is 0 Å². The van der Waals surface area contributed by atoms with Crippen LogP contribution in [0.25, 0.3) is 0 Å². The lowest BCUT2D eigenvalue weighted by atomic mass is 10.2. The molecule has 0 aliphatic rings. The molecule has 128 valence electrons. The first kappa shape index (κ1) is 19.1. The molecule has 0 heterocycles. The van der Waals surface area contributed by atoms with Crippen LogP contribution in [-0.4, -0.2) is 38.8 Å². The highest BCUT2D eigenvalue weighted by Crippen LogP contribution is 2.15. The zero-order valence-corrected chi connectivity index (χ0v) is 14.0. The first-order valence-electron chi connectivity index (χ1n) is 6.55. The van der Waals surface area contributed by atoms with Gasteiger partial charge in [-0.15, -0.1) is 0 Å². The van der Waals surface area contributed by atoms with E-state index in [0.717, 1.165) is 18.6 Å². The molecule has 0 aromatic heterocycles. The Morgan fingerprint density at radius 1 is 1.17 bits per heavy atom. The first-order valence-corrected chi connectivity index (χ1v) is 9.70. The lowest BCUT2D eigenvalue weighted by Gasteiger charge is -2.17. The maximum absolute atomic E-state index is 12.1. The van der Waals surface area contributed by atoms with Gasteiger partial charge in [-0.1, -0.05) is 13.3 Å². The van der Waals surface area contributed by atoms with Gasteiger partial charge < -0.3 is 5.73 Å². The summed E-state index contributed by atoms with van der Waals surface area (Å²) in [5, 5.41) is 12.0. The van der Waals surface area contributed by atoms with E-state index >= 15 is 0 Å². The summed E-state index contributed by atoms with van der Waals surface area (Å²) in [6.07, 6.45) is 1.23. The molecule has 0 unspecified atom stereocenters. The number of sulfone groups is 1. The highest BCUT2D eigenvalue weighted by atomic mass is 32.2. The van der Waals surface area contributed by atoms with E-state index in [1.807, 2.05) is 6.92 Å². The highest BCUT2D eigenvalue weighted by molar-refractivity contribution is 7.91. The van der Waals surface area contributed by atoms with Crippen molar-refractivity contribution in [2.24, 2.45) is 10.9 Å².